The molecule has 1 aliphatic heterocycles. The summed E-state index contributed by atoms with van der Waals surface area (Å²) in [6.07, 6.45) is 2.66. The summed E-state index contributed by atoms with van der Waals surface area (Å²) in [7, 11) is 0. The van der Waals surface area contributed by atoms with Gasteiger partial charge in [-0.3, -0.25) is 9.59 Å². The first-order chi connectivity index (χ1) is 12.4. The Labute approximate surface area is 154 Å². The number of amides is 2. The van der Waals surface area contributed by atoms with Gasteiger partial charge in [0.2, 0.25) is 11.8 Å². The first-order valence-electron chi connectivity index (χ1n) is 9.25. The number of carbonyl (C=O) groups excluding carboxylic acids is 2. The topological polar surface area (TPSA) is 86.7 Å². The van der Waals surface area contributed by atoms with Gasteiger partial charge in [0.1, 0.15) is 0 Å². The minimum absolute atomic E-state index is 0.0365. The molecule has 1 saturated heterocycles. The highest BCUT2D eigenvalue weighted by atomic mass is 16.4. The molecular weight excluding hydrogens is 332 g/mol. The molecule has 0 radical (unpaired) electrons. The van der Waals surface area contributed by atoms with E-state index in [9.17, 15) is 19.5 Å². The molecule has 1 atom stereocenters. The second-order valence-corrected chi connectivity index (χ2v) is 7.21. The Balaban J connectivity index is 1.85. The van der Waals surface area contributed by atoms with Gasteiger partial charge in [-0.1, -0.05) is 32.0 Å². The number of nitrogens with zero attached hydrogens (tertiary/aromatic N) is 1. The maximum atomic E-state index is 12.5. The fraction of sp³-hybridized carbons (Fsp3) is 0.550. The minimum Gasteiger partial charge on any atom is -0.478 e. The number of piperidine rings is 1. The van der Waals surface area contributed by atoms with Crippen LogP contribution in [0.3, 0.4) is 0 Å². The monoisotopic (exact) mass is 360 g/mol. The lowest BCUT2D eigenvalue weighted by Crippen LogP contribution is -2.44. The highest BCUT2D eigenvalue weighted by Gasteiger charge is 2.24. The van der Waals surface area contributed by atoms with Gasteiger partial charge < -0.3 is 15.3 Å². The average Bonchev–Trinajstić information content (AvgIpc) is 2.64. The van der Waals surface area contributed by atoms with Crippen molar-refractivity contribution in [2.45, 2.75) is 39.5 Å². The highest BCUT2D eigenvalue weighted by Crippen LogP contribution is 2.18. The van der Waals surface area contributed by atoms with E-state index in [1.54, 1.807) is 24.3 Å². The smallest absolute Gasteiger partial charge is 0.335 e. The zero-order valence-electron chi connectivity index (χ0n) is 15.5. The first kappa shape index (κ1) is 19.9. The molecule has 0 aliphatic carbocycles. The van der Waals surface area contributed by atoms with Crippen LogP contribution in [0.2, 0.25) is 0 Å². The number of likely N-dealkylation sites (tertiary alicyclic amines) is 1. The number of carboxylic acids is 1. The van der Waals surface area contributed by atoms with E-state index in [0.717, 1.165) is 19.4 Å². The van der Waals surface area contributed by atoms with Gasteiger partial charge in [-0.15, -0.1) is 0 Å². The van der Waals surface area contributed by atoms with Crippen molar-refractivity contribution in [2.24, 2.45) is 11.8 Å². The van der Waals surface area contributed by atoms with E-state index in [0.29, 0.717) is 31.5 Å². The second-order valence-electron chi connectivity index (χ2n) is 7.21. The predicted molar refractivity (Wildman–Crippen MR) is 98.9 cm³/mol. The van der Waals surface area contributed by atoms with E-state index < -0.39 is 5.97 Å². The molecule has 142 valence electrons. The van der Waals surface area contributed by atoms with E-state index in [2.05, 4.69) is 5.32 Å². The van der Waals surface area contributed by atoms with E-state index in [1.807, 2.05) is 18.7 Å². The number of carbonyl (C=O) groups is 3. The third-order valence-electron chi connectivity index (χ3n) is 4.82. The van der Waals surface area contributed by atoms with Gasteiger partial charge >= 0.3 is 5.97 Å². The van der Waals surface area contributed by atoms with Crippen LogP contribution in [0.1, 0.15) is 49.0 Å². The molecule has 0 saturated carbocycles. The van der Waals surface area contributed by atoms with Crippen molar-refractivity contribution in [1.29, 1.82) is 0 Å². The Bertz CT molecular complexity index is 657. The molecule has 1 heterocycles. The van der Waals surface area contributed by atoms with E-state index in [-0.39, 0.29) is 29.2 Å². The molecule has 0 aromatic heterocycles. The molecule has 1 unspecified atom stereocenters. The molecule has 1 aromatic carbocycles. The molecule has 2 N–H and O–H groups in total. The number of aryl methyl sites for hydroxylation is 1. The van der Waals surface area contributed by atoms with Crippen molar-refractivity contribution in [3.63, 3.8) is 0 Å². The van der Waals surface area contributed by atoms with Crippen LogP contribution >= 0.6 is 0 Å². The quantitative estimate of drug-likeness (QED) is 0.781. The highest BCUT2D eigenvalue weighted by molar-refractivity contribution is 5.89. The fourth-order valence-electron chi connectivity index (χ4n) is 3.25. The fourth-order valence-corrected chi connectivity index (χ4v) is 3.25. The molecular formula is C20H28N2O4. The SMILES string of the molecule is CC(C)C(=O)NCC1CCCN(C(=O)CCc2ccccc2C(=O)O)C1. The number of rotatable bonds is 7. The van der Waals surface area contributed by atoms with Gasteiger partial charge in [0, 0.05) is 32.0 Å². The molecule has 0 bridgehead atoms. The molecule has 6 nitrogen and oxygen atoms in total. The van der Waals surface area contributed by atoms with Gasteiger partial charge in [-0.2, -0.15) is 0 Å². The lowest BCUT2D eigenvalue weighted by Gasteiger charge is -2.33. The Morgan fingerprint density at radius 1 is 1.27 bits per heavy atom. The van der Waals surface area contributed by atoms with Crippen LogP contribution in [-0.2, 0) is 16.0 Å². The van der Waals surface area contributed by atoms with E-state index >= 15 is 0 Å². The molecule has 1 aromatic rings. The van der Waals surface area contributed by atoms with Gasteiger partial charge in [-0.05, 0) is 36.8 Å². The third-order valence-corrected chi connectivity index (χ3v) is 4.82. The summed E-state index contributed by atoms with van der Waals surface area (Å²) in [5, 5.41) is 12.2. The van der Waals surface area contributed by atoms with Gasteiger partial charge in [0.25, 0.3) is 0 Å². The lowest BCUT2D eigenvalue weighted by molar-refractivity contribution is -0.133. The number of hydrogen-bond acceptors (Lipinski definition) is 3. The van der Waals surface area contributed by atoms with Crippen LogP contribution in [0.4, 0.5) is 0 Å². The Morgan fingerprint density at radius 2 is 2.00 bits per heavy atom. The van der Waals surface area contributed by atoms with Crippen LogP contribution in [0.25, 0.3) is 0 Å². The van der Waals surface area contributed by atoms with Crippen LogP contribution < -0.4 is 5.32 Å². The number of aromatic carboxylic acids is 1. The number of benzene rings is 1. The van der Waals surface area contributed by atoms with Crippen LogP contribution in [0, 0.1) is 11.8 Å². The molecule has 2 rings (SSSR count). The Hall–Kier alpha value is -2.37. The summed E-state index contributed by atoms with van der Waals surface area (Å²) in [6, 6.07) is 6.81. The average molecular weight is 360 g/mol. The van der Waals surface area contributed by atoms with Crippen LogP contribution in [-0.4, -0.2) is 47.4 Å². The summed E-state index contributed by atoms with van der Waals surface area (Å²) in [5.74, 6) is -0.636. The van der Waals surface area contributed by atoms with Crippen molar-refractivity contribution in [2.75, 3.05) is 19.6 Å². The van der Waals surface area contributed by atoms with Gasteiger partial charge in [0.15, 0.2) is 0 Å². The summed E-state index contributed by atoms with van der Waals surface area (Å²) >= 11 is 0. The summed E-state index contributed by atoms with van der Waals surface area (Å²) in [6.45, 7) is 5.70. The lowest BCUT2D eigenvalue weighted by atomic mass is 9.96. The molecule has 26 heavy (non-hydrogen) atoms. The molecule has 1 fully saturated rings. The Kier molecular flexibility index (Phi) is 7.18. The normalized spacial score (nSPS) is 17.2. The second kappa shape index (κ2) is 9.36. The van der Waals surface area contributed by atoms with E-state index in [1.165, 1.54) is 0 Å². The van der Waals surface area contributed by atoms with Crippen molar-refractivity contribution < 1.29 is 19.5 Å². The number of nitrogens with one attached hydrogen (secondary N) is 1. The van der Waals surface area contributed by atoms with Crippen molar-refractivity contribution in [1.82, 2.24) is 10.2 Å². The van der Waals surface area contributed by atoms with Crippen molar-refractivity contribution in [3.8, 4) is 0 Å². The van der Waals surface area contributed by atoms with Crippen LogP contribution in [0.5, 0.6) is 0 Å². The number of carboxylic acid groups (broad SMARTS) is 1. The summed E-state index contributed by atoms with van der Waals surface area (Å²) in [4.78, 5) is 37.3. The Morgan fingerprint density at radius 3 is 2.69 bits per heavy atom. The largest absolute Gasteiger partial charge is 0.478 e. The van der Waals surface area contributed by atoms with Crippen molar-refractivity contribution >= 4 is 17.8 Å². The zero-order valence-corrected chi connectivity index (χ0v) is 15.5. The maximum absolute atomic E-state index is 12.5. The summed E-state index contributed by atoms with van der Waals surface area (Å²) < 4.78 is 0. The maximum Gasteiger partial charge on any atom is 0.335 e. The molecule has 6 heteroatoms. The molecule has 0 spiro atoms. The van der Waals surface area contributed by atoms with E-state index in [4.69, 9.17) is 0 Å². The summed E-state index contributed by atoms with van der Waals surface area (Å²) in [5.41, 5.74) is 0.944. The minimum atomic E-state index is -0.966. The van der Waals surface area contributed by atoms with Crippen LogP contribution in [0.15, 0.2) is 24.3 Å². The van der Waals surface area contributed by atoms with Crippen molar-refractivity contribution in [3.05, 3.63) is 35.4 Å². The number of hydrogen-bond donors (Lipinski definition) is 2. The zero-order chi connectivity index (χ0) is 19.1. The van der Waals surface area contributed by atoms with Gasteiger partial charge in [0.05, 0.1) is 5.56 Å². The molecule has 1 aliphatic rings. The predicted octanol–water partition coefficient (Wildman–Crippen LogP) is 2.33. The third kappa shape index (κ3) is 5.58. The first-order valence-corrected chi connectivity index (χ1v) is 9.25. The van der Waals surface area contributed by atoms with Gasteiger partial charge in [-0.25, -0.2) is 4.79 Å². The molecule has 2 amide bonds. The standard InChI is InChI=1S/C20H28N2O4/c1-14(2)19(24)21-12-15-6-5-11-22(13-15)18(23)10-9-16-7-3-4-8-17(16)20(25)26/h3-4,7-8,14-15H,5-6,9-13H2,1-2H3,(H,21,24)(H,25,26).